The molecule has 0 N–H and O–H groups in total. The molecule has 2 unspecified atom stereocenters. The molecule has 0 heterocycles. The molecule has 0 bridgehead atoms. The molecule has 0 radical (unpaired) electrons. The monoisotopic (exact) mass is 278 g/mol. The van der Waals surface area contributed by atoms with E-state index in [2.05, 4.69) is 13.8 Å². The maximum atomic E-state index is 2.45. The second kappa shape index (κ2) is 9.11. The maximum absolute atomic E-state index is 2.45. The molecule has 2 aliphatic rings. The van der Waals surface area contributed by atoms with Crippen LogP contribution in [0.2, 0.25) is 0 Å². The fraction of sp³-hybridized carbons (Fsp3) is 1.00. The van der Waals surface area contributed by atoms with Gasteiger partial charge in [-0.1, -0.05) is 90.9 Å². The molecule has 2 rings (SSSR count). The van der Waals surface area contributed by atoms with Gasteiger partial charge >= 0.3 is 0 Å². The van der Waals surface area contributed by atoms with Crippen molar-refractivity contribution in [3.8, 4) is 0 Å². The van der Waals surface area contributed by atoms with Crippen LogP contribution >= 0.6 is 0 Å². The van der Waals surface area contributed by atoms with Crippen LogP contribution in [0.1, 0.15) is 104 Å². The Kier molecular flexibility index (Phi) is 7.45. The van der Waals surface area contributed by atoms with Gasteiger partial charge in [0.25, 0.3) is 0 Å². The van der Waals surface area contributed by atoms with Gasteiger partial charge in [0.2, 0.25) is 0 Å². The second-order valence-electron chi connectivity index (χ2n) is 7.71. The number of rotatable bonds is 7. The molecule has 0 amide bonds. The Morgan fingerprint density at radius 3 is 1.25 bits per heavy atom. The second-order valence-corrected chi connectivity index (χ2v) is 7.71. The zero-order valence-corrected chi connectivity index (χ0v) is 14.2. The summed E-state index contributed by atoms with van der Waals surface area (Å²) in [6.07, 6.45) is 21.2. The lowest BCUT2D eigenvalue weighted by molar-refractivity contribution is 0.181. The molecule has 0 aromatic heterocycles. The average Bonchev–Trinajstić information content (AvgIpc) is 2.53. The molecule has 118 valence electrons. The number of hydrogen-bond acceptors (Lipinski definition) is 0. The zero-order valence-electron chi connectivity index (χ0n) is 14.2. The highest BCUT2D eigenvalue weighted by Crippen LogP contribution is 2.38. The Morgan fingerprint density at radius 2 is 0.950 bits per heavy atom. The molecular weight excluding hydrogens is 240 g/mol. The normalized spacial score (nSPS) is 25.5. The molecule has 20 heavy (non-hydrogen) atoms. The summed E-state index contributed by atoms with van der Waals surface area (Å²) in [7, 11) is 0. The van der Waals surface area contributed by atoms with E-state index in [1.165, 1.54) is 64.2 Å². The van der Waals surface area contributed by atoms with E-state index in [1.807, 2.05) is 0 Å². The Labute approximate surface area is 128 Å². The summed E-state index contributed by atoms with van der Waals surface area (Å²) in [6.45, 7) is 4.89. The highest BCUT2D eigenvalue weighted by atomic mass is 14.3. The third-order valence-corrected chi connectivity index (χ3v) is 6.59. The molecule has 0 saturated heterocycles. The summed E-state index contributed by atoms with van der Waals surface area (Å²) in [5.74, 6) is 4.26. The van der Waals surface area contributed by atoms with Crippen LogP contribution in [0, 0.1) is 23.7 Å². The molecule has 0 aliphatic heterocycles. The lowest BCUT2D eigenvalue weighted by Crippen LogP contribution is -2.21. The maximum Gasteiger partial charge on any atom is -0.0386 e. The Bertz CT molecular complexity index is 206. The van der Waals surface area contributed by atoms with Crippen LogP contribution < -0.4 is 0 Å². The minimum atomic E-state index is 1.05. The van der Waals surface area contributed by atoms with Gasteiger partial charge in [-0.15, -0.1) is 0 Å². The predicted molar refractivity (Wildman–Crippen MR) is 89.9 cm³/mol. The minimum Gasteiger partial charge on any atom is -0.0651 e. The lowest BCUT2D eigenvalue weighted by Gasteiger charge is -2.33. The number of hydrogen-bond donors (Lipinski definition) is 0. The van der Waals surface area contributed by atoms with Gasteiger partial charge in [0, 0.05) is 0 Å². The van der Waals surface area contributed by atoms with Gasteiger partial charge in [-0.3, -0.25) is 0 Å². The smallest absolute Gasteiger partial charge is 0.0386 e. The first-order valence-corrected chi connectivity index (χ1v) is 9.85. The van der Waals surface area contributed by atoms with Crippen LogP contribution in [0.15, 0.2) is 0 Å². The van der Waals surface area contributed by atoms with Crippen LogP contribution in [0.25, 0.3) is 0 Å². The fourth-order valence-corrected chi connectivity index (χ4v) is 5.19. The Morgan fingerprint density at radius 1 is 0.600 bits per heavy atom. The van der Waals surface area contributed by atoms with Crippen molar-refractivity contribution < 1.29 is 0 Å². The van der Waals surface area contributed by atoms with Crippen molar-refractivity contribution in [1.29, 1.82) is 0 Å². The van der Waals surface area contributed by atoms with E-state index in [0.717, 1.165) is 23.7 Å². The minimum absolute atomic E-state index is 1.05. The van der Waals surface area contributed by atoms with Gasteiger partial charge in [-0.05, 0) is 36.5 Å². The van der Waals surface area contributed by atoms with E-state index in [-0.39, 0.29) is 0 Å². The highest BCUT2D eigenvalue weighted by Gasteiger charge is 2.26. The van der Waals surface area contributed by atoms with E-state index < -0.39 is 0 Å². The van der Waals surface area contributed by atoms with E-state index in [0.29, 0.717) is 0 Å². The third kappa shape index (κ3) is 4.78. The van der Waals surface area contributed by atoms with E-state index >= 15 is 0 Å². The molecule has 0 heteroatoms. The van der Waals surface area contributed by atoms with E-state index in [1.54, 1.807) is 25.7 Å². The molecule has 2 fully saturated rings. The van der Waals surface area contributed by atoms with E-state index in [4.69, 9.17) is 0 Å². The Balaban J connectivity index is 1.77. The van der Waals surface area contributed by atoms with Gasteiger partial charge in [0.15, 0.2) is 0 Å². The molecule has 2 atom stereocenters. The third-order valence-electron chi connectivity index (χ3n) is 6.59. The van der Waals surface area contributed by atoms with Crippen molar-refractivity contribution >= 4 is 0 Å². The van der Waals surface area contributed by atoms with Crippen LogP contribution in [-0.4, -0.2) is 0 Å². The molecule has 0 spiro atoms. The van der Waals surface area contributed by atoms with Gasteiger partial charge in [0.1, 0.15) is 0 Å². The van der Waals surface area contributed by atoms with E-state index in [9.17, 15) is 0 Å². The van der Waals surface area contributed by atoms with Crippen molar-refractivity contribution in [2.75, 3.05) is 0 Å². The molecular formula is C20H38. The van der Waals surface area contributed by atoms with Gasteiger partial charge in [-0.2, -0.15) is 0 Å². The highest BCUT2D eigenvalue weighted by molar-refractivity contribution is 4.77. The van der Waals surface area contributed by atoms with Gasteiger partial charge in [-0.25, -0.2) is 0 Å². The summed E-state index contributed by atoms with van der Waals surface area (Å²) in [6, 6.07) is 0. The van der Waals surface area contributed by atoms with Crippen molar-refractivity contribution in [2.24, 2.45) is 23.7 Å². The molecule has 0 nitrogen and oxygen atoms in total. The van der Waals surface area contributed by atoms with Crippen molar-refractivity contribution in [3.05, 3.63) is 0 Å². The van der Waals surface area contributed by atoms with Crippen LogP contribution in [0.5, 0.6) is 0 Å². The first-order chi connectivity index (χ1) is 9.85. The first kappa shape index (κ1) is 16.4. The van der Waals surface area contributed by atoms with Crippen molar-refractivity contribution in [2.45, 2.75) is 104 Å². The van der Waals surface area contributed by atoms with Crippen LogP contribution in [0.3, 0.4) is 0 Å². The molecule has 0 aromatic rings. The fourth-order valence-electron chi connectivity index (χ4n) is 5.19. The standard InChI is InChI=1S/C20H38/c1-3-17(19-11-7-5-8-12-19)15-16-18(4-2)20-13-9-6-10-14-20/h17-20H,3-16H2,1-2H3. The summed E-state index contributed by atoms with van der Waals surface area (Å²) in [5.41, 5.74) is 0. The summed E-state index contributed by atoms with van der Waals surface area (Å²) >= 11 is 0. The lowest BCUT2D eigenvalue weighted by atomic mass is 9.72. The Hall–Kier alpha value is 0. The molecule has 2 aliphatic carbocycles. The van der Waals surface area contributed by atoms with Crippen LogP contribution in [-0.2, 0) is 0 Å². The summed E-state index contributed by atoms with van der Waals surface area (Å²) < 4.78 is 0. The molecule has 2 saturated carbocycles. The predicted octanol–water partition coefficient (Wildman–Crippen LogP) is 6.98. The van der Waals surface area contributed by atoms with Gasteiger partial charge < -0.3 is 0 Å². The van der Waals surface area contributed by atoms with Crippen molar-refractivity contribution in [3.63, 3.8) is 0 Å². The van der Waals surface area contributed by atoms with Crippen LogP contribution in [0.4, 0.5) is 0 Å². The van der Waals surface area contributed by atoms with Gasteiger partial charge in [0.05, 0.1) is 0 Å². The topological polar surface area (TPSA) is 0 Å². The van der Waals surface area contributed by atoms with Crippen molar-refractivity contribution in [1.82, 2.24) is 0 Å². The first-order valence-electron chi connectivity index (χ1n) is 9.85. The average molecular weight is 279 g/mol. The largest absolute Gasteiger partial charge is 0.0651 e. The SMILES string of the molecule is CCC(CCC(CC)C1CCCCC1)C1CCCCC1. The summed E-state index contributed by atoms with van der Waals surface area (Å²) in [4.78, 5) is 0. The quantitative estimate of drug-likeness (QED) is 0.471. The molecule has 0 aromatic carbocycles. The zero-order chi connectivity index (χ0) is 14.2. The summed E-state index contributed by atoms with van der Waals surface area (Å²) in [5, 5.41) is 0.